The van der Waals surface area contributed by atoms with Crippen LogP contribution in [0.25, 0.3) is 10.9 Å². The van der Waals surface area contributed by atoms with Crippen LogP contribution in [-0.4, -0.2) is 53.4 Å². The number of halogens is 2. The second-order valence-electron chi connectivity index (χ2n) is 8.18. The van der Waals surface area contributed by atoms with Crippen LogP contribution < -0.4 is 0 Å². The lowest BCUT2D eigenvalue weighted by molar-refractivity contribution is -0.133. The van der Waals surface area contributed by atoms with Crippen LogP contribution in [0.1, 0.15) is 42.9 Å². The summed E-state index contributed by atoms with van der Waals surface area (Å²) in [6, 6.07) is 12.1. The van der Waals surface area contributed by atoms with Gasteiger partial charge in [-0.25, -0.2) is 0 Å². The minimum atomic E-state index is -0.0904. The Kier molecular flexibility index (Phi) is 6.90. The van der Waals surface area contributed by atoms with Crippen molar-refractivity contribution in [2.45, 2.75) is 32.6 Å². The maximum atomic E-state index is 13.3. The Hall–Kier alpha value is -2.01. The molecule has 3 aromatic rings. The molecule has 4 nitrogen and oxygen atoms in total. The molecule has 0 radical (unpaired) electrons. The molecule has 31 heavy (non-hydrogen) atoms. The zero-order valence-corrected chi connectivity index (χ0v) is 19.6. The van der Waals surface area contributed by atoms with Crippen LogP contribution in [0.5, 0.6) is 0 Å². The lowest BCUT2D eigenvalue weighted by Crippen LogP contribution is -2.48. The molecule has 1 N–H and O–H groups in total. The van der Waals surface area contributed by atoms with Gasteiger partial charge in [0.2, 0.25) is 5.91 Å². The van der Waals surface area contributed by atoms with E-state index >= 15 is 0 Å². The number of fused-ring (bicyclic) bond motifs is 1. The van der Waals surface area contributed by atoms with Gasteiger partial charge < -0.3 is 14.8 Å². The summed E-state index contributed by atoms with van der Waals surface area (Å²) >= 11 is 12.5. The van der Waals surface area contributed by atoms with Crippen LogP contribution in [0.15, 0.2) is 42.6 Å². The maximum absolute atomic E-state index is 13.3. The first kappa shape index (κ1) is 22.2. The number of H-pyrrole nitrogens is 1. The molecule has 164 valence electrons. The number of amides is 1. The number of nitrogens with one attached hydrogen (secondary N) is 1. The monoisotopic (exact) mass is 457 g/mol. The van der Waals surface area contributed by atoms with Crippen molar-refractivity contribution in [1.29, 1.82) is 0 Å². The van der Waals surface area contributed by atoms with Gasteiger partial charge >= 0.3 is 0 Å². The molecule has 4 rings (SSSR count). The molecule has 2 aromatic carbocycles. The van der Waals surface area contributed by atoms with Gasteiger partial charge in [-0.1, -0.05) is 61.3 Å². The molecule has 1 aliphatic heterocycles. The Labute approximate surface area is 194 Å². The summed E-state index contributed by atoms with van der Waals surface area (Å²) in [6.45, 7) is 8.80. The number of hydrogen-bond acceptors (Lipinski definition) is 2. The maximum Gasteiger partial charge on any atom is 0.223 e. The number of piperazine rings is 1. The smallest absolute Gasteiger partial charge is 0.223 e. The molecule has 1 aliphatic rings. The van der Waals surface area contributed by atoms with Crippen LogP contribution >= 0.6 is 23.2 Å². The zero-order chi connectivity index (χ0) is 22.0. The van der Waals surface area contributed by atoms with Crippen LogP contribution in [0.2, 0.25) is 10.0 Å². The Balaban J connectivity index is 1.69. The fourth-order valence-corrected chi connectivity index (χ4v) is 4.88. The number of aryl methyl sites for hydroxylation is 1. The van der Waals surface area contributed by atoms with Gasteiger partial charge in [0, 0.05) is 55.6 Å². The van der Waals surface area contributed by atoms with E-state index in [1.54, 1.807) is 0 Å². The second kappa shape index (κ2) is 9.64. The number of hydrogen-bond donors (Lipinski definition) is 1. The first-order valence-corrected chi connectivity index (χ1v) is 11.8. The molecular formula is C25H29Cl2N3O. The number of aromatic nitrogens is 1. The highest BCUT2D eigenvalue weighted by Crippen LogP contribution is 2.37. The second-order valence-corrected chi connectivity index (χ2v) is 9.00. The minimum Gasteiger partial charge on any atom is -0.361 e. The molecule has 0 aliphatic carbocycles. The third-order valence-electron chi connectivity index (χ3n) is 6.49. The average molecular weight is 458 g/mol. The number of nitrogens with zero attached hydrogens (tertiary/aromatic N) is 2. The molecule has 1 saturated heterocycles. The van der Waals surface area contributed by atoms with Crippen LogP contribution in [-0.2, 0) is 11.2 Å². The quantitative estimate of drug-likeness (QED) is 0.513. The molecule has 2 heterocycles. The molecule has 1 amide bonds. The number of aromatic amines is 1. The molecule has 0 spiro atoms. The van der Waals surface area contributed by atoms with Gasteiger partial charge in [-0.2, -0.15) is 0 Å². The van der Waals surface area contributed by atoms with E-state index in [1.165, 1.54) is 10.9 Å². The van der Waals surface area contributed by atoms with E-state index < -0.39 is 0 Å². The first-order chi connectivity index (χ1) is 15.0. The lowest BCUT2D eigenvalue weighted by atomic mass is 9.87. The van der Waals surface area contributed by atoms with Crippen LogP contribution in [0.3, 0.4) is 0 Å². The molecule has 1 unspecified atom stereocenters. The van der Waals surface area contributed by atoms with Gasteiger partial charge in [0.25, 0.3) is 0 Å². The summed E-state index contributed by atoms with van der Waals surface area (Å²) in [7, 11) is 0. The van der Waals surface area contributed by atoms with Gasteiger partial charge in [0.05, 0.1) is 10.0 Å². The zero-order valence-electron chi connectivity index (χ0n) is 18.1. The third kappa shape index (κ3) is 4.62. The highest BCUT2D eigenvalue weighted by atomic mass is 35.5. The summed E-state index contributed by atoms with van der Waals surface area (Å²) in [5.41, 5.74) is 4.56. The summed E-state index contributed by atoms with van der Waals surface area (Å²) in [5.74, 6) is 0.0974. The molecule has 1 aromatic heterocycles. The number of carbonyl (C=O) groups is 1. The van der Waals surface area contributed by atoms with Gasteiger partial charge in [-0.3, -0.25) is 4.79 Å². The Morgan fingerprint density at radius 3 is 2.52 bits per heavy atom. The van der Waals surface area contributed by atoms with Crippen LogP contribution in [0, 0.1) is 0 Å². The fourth-order valence-electron chi connectivity index (χ4n) is 4.58. The highest BCUT2D eigenvalue weighted by Gasteiger charge is 2.27. The topological polar surface area (TPSA) is 39.3 Å². The summed E-state index contributed by atoms with van der Waals surface area (Å²) in [5, 5.41) is 2.21. The summed E-state index contributed by atoms with van der Waals surface area (Å²) < 4.78 is 0. The van der Waals surface area contributed by atoms with Gasteiger partial charge in [-0.05, 0) is 41.8 Å². The minimum absolute atomic E-state index is 0.0904. The predicted molar refractivity (Wildman–Crippen MR) is 129 cm³/mol. The molecular weight excluding hydrogens is 429 g/mol. The third-order valence-corrected chi connectivity index (χ3v) is 7.23. The summed E-state index contributed by atoms with van der Waals surface area (Å²) in [6.07, 6.45) is 3.42. The van der Waals surface area contributed by atoms with E-state index in [1.807, 2.05) is 23.1 Å². The Morgan fingerprint density at radius 1 is 1.06 bits per heavy atom. The van der Waals surface area contributed by atoms with Gasteiger partial charge in [-0.15, -0.1) is 0 Å². The lowest BCUT2D eigenvalue weighted by Gasteiger charge is -2.35. The van der Waals surface area contributed by atoms with E-state index in [9.17, 15) is 4.79 Å². The van der Waals surface area contributed by atoms with Gasteiger partial charge in [0.1, 0.15) is 0 Å². The largest absolute Gasteiger partial charge is 0.361 e. The molecule has 1 fully saturated rings. The van der Waals surface area contributed by atoms with Crippen molar-refractivity contribution in [1.82, 2.24) is 14.8 Å². The van der Waals surface area contributed by atoms with Crippen molar-refractivity contribution in [2.75, 3.05) is 32.7 Å². The van der Waals surface area contributed by atoms with Gasteiger partial charge in [0.15, 0.2) is 0 Å². The van der Waals surface area contributed by atoms with Crippen molar-refractivity contribution in [3.63, 3.8) is 0 Å². The molecule has 0 saturated carbocycles. The standard InChI is InChI=1S/C25H29Cl2N3O/c1-3-17-6-5-7-19-21(16-28-25(17)19)20(18-8-9-22(26)23(27)14-18)15-24(31)30-12-10-29(4-2)11-13-30/h5-9,14,16,20,28H,3-4,10-13,15H2,1-2H3. The van der Waals surface area contributed by atoms with Crippen LogP contribution in [0.4, 0.5) is 0 Å². The van der Waals surface area contributed by atoms with E-state index in [4.69, 9.17) is 23.2 Å². The van der Waals surface area contributed by atoms with E-state index in [-0.39, 0.29) is 11.8 Å². The molecule has 6 heteroatoms. The molecule has 0 bridgehead atoms. The first-order valence-electron chi connectivity index (χ1n) is 11.1. The van der Waals surface area contributed by atoms with Crippen molar-refractivity contribution in [2.24, 2.45) is 0 Å². The number of benzene rings is 2. The van der Waals surface area contributed by atoms with Crippen molar-refractivity contribution in [3.05, 3.63) is 69.3 Å². The number of para-hydroxylation sites is 1. The number of likely N-dealkylation sites (N-methyl/N-ethyl adjacent to an activating group) is 1. The SMILES string of the molecule is CCc1cccc2c(C(CC(=O)N3CCN(CC)CC3)c3ccc(Cl)c(Cl)c3)c[nH]c12. The molecule has 1 atom stereocenters. The number of rotatable bonds is 6. The van der Waals surface area contributed by atoms with E-state index in [0.29, 0.717) is 16.5 Å². The normalized spacial score (nSPS) is 16.1. The number of carbonyl (C=O) groups excluding carboxylic acids is 1. The Morgan fingerprint density at radius 2 is 1.84 bits per heavy atom. The van der Waals surface area contributed by atoms with Crippen molar-refractivity contribution < 1.29 is 4.79 Å². The van der Waals surface area contributed by atoms with E-state index in [0.717, 1.165) is 55.8 Å². The Bertz CT molecular complexity index is 1070. The summed E-state index contributed by atoms with van der Waals surface area (Å²) in [4.78, 5) is 21.2. The average Bonchev–Trinajstić information content (AvgIpc) is 3.23. The van der Waals surface area contributed by atoms with Crippen molar-refractivity contribution in [3.8, 4) is 0 Å². The van der Waals surface area contributed by atoms with E-state index in [2.05, 4.69) is 48.1 Å². The predicted octanol–water partition coefficient (Wildman–Crippen LogP) is 5.72. The fraction of sp³-hybridized carbons (Fsp3) is 0.400. The highest BCUT2D eigenvalue weighted by molar-refractivity contribution is 6.42. The van der Waals surface area contributed by atoms with Crippen molar-refractivity contribution >= 4 is 40.0 Å².